The van der Waals surface area contributed by atoms with Crippen molar-refractivity contribution in [1.29, 1.82) is 0 Å². The molecule has 3 aromatic rings. The maximum absolute atomic E-state index is 12.6. The molecule has 0 atom stereocenters. The molecule has 0 bridgehead atoms. The summed E-state index contributed by atoms with van der Waals surface area (Å²) in [6.07, 6.45) is 0. The molecule has 0 N–H and O–H groups in total. The standard InChI is InChI=1S/C18H19BrN2OS/c1-10(2)18-20-14(9-23-18)8-21-12(4)11(3)17(22)15-7-13(19)5-6-16(15)21/h5-7,9-10H,8H2,1-4H3. The highest BCUT2D eigenvalue weighted by Crippen LogP contribution is 2.23. The van der Waals surface area contributed by atoms with E-state index in [9.17, 15) is 4.79 Å². The van der Waals surface area contributed by atoms with Crippen LogP contribution in [-0.4, -0.2) is 9.55 Å². The number of halogens is 1. The number of hydrogen-bond donors (Lipinski definition) is 0. The number of fused-ring (bicyclic) bond motifs is 1. The van der Waals surface area contributed by atoms with Gasteiger partial charge in [0.2, 0.25) is 0 Å². The number of hydrogen-bond acceptors (Lipinski definition) is 3. The van der Waals surface area contributed by atoms with Gasteiger partial charge >= 0.3 is 0 Å². The van der Waals surface area contributed by atoms with Gasteiger partial charge in [0.25, 0.3) is 0 Å². The average molecular weight is 391 g/mol. The van der Waals surface area contributed by atoms with Gasteiger partial charge in [0, 0.05) is 32.4 Å². The fourth-order valence-electron chi connectivity index (χ4n) is 2.70. The summed E-state index contributed by atoms with van der Waals surface area (Å²) in [6, 6.07) is 5.89. The first-order chi connectivity index (χ1) is 10.9. The van der Waals surface area contributed by atoms with E-state index in [-0.39, 0.29) is 5.43 Å². The second-order valence-corrected chi connectivity index (χ2v) is 7.92. The van der Waals surface area contributed by atoms with E-state index in [4.69, 9.17) is 4.98 Å². The van der Waals surface area contributed by atoms with Gasteiger partial charge in [0.1, 0.15) is 0 Å². The van der Waals surface area contributed by atoms with Gasteiger partial charge in [0.05, 0.1) is 22.8 Å². The summed E-state index contributed by atoms with van der Waals surface area (Å²) in [5.41, 5.74) is 3.92. The third-order valence-corrected chi connectivity index (χ3v) is 5.85. The Morgan fingerprint density at radius 2 is 2.04 bits per heavy atom. The summed E-state index contributed by atoms with van der Waals surface area (Å²) in [4.78, 5) is 17.3. The molecule has 2 aromatic heterocycles. The molecule has 0 unspecified atom stereocenters. The van der Waals surface area contributed by atoms with Crippen LogP contribution < -0.4 is 5.43 Å². The lowest BCUT2D eigenvalue weighted by atomic mass is 10.1. The van der Waals surface area contributed by atoms with E-state index >= 15 is 0 Å². The molecule has 5 heteroatoms. The SMILES string of the molecule is Cc1c(C)n(Cc2csc(C(C)C)n2)c2ccc(Br)cc2c1=O. The van der Waals surface area contributed by atoms with Gasteiger partial charge in [0.15, 0.2) is 5.43 Å². The molecule has 0 aliphatic carbocycles. The van der Waals surface area contributed by atoms with Crippen molar-refractivity contribution in [2.24, 2.45) is 0 Å². The van der Waals surface area contributed by atoms with Gasteiger partial charge in [-0.25, -0.2) is 4.98 Å². The minimum absolute atomic E-state index is 0.108. The lowest BCUT2D eigenvalue weighted by molar-refractivity contribution is 0.754. The second kappa shape index (κ2) is 6.21. The van der Waals surface area contributed by atoms with Crippen LogP contribution in [0.3, 0.4) is 0 Å². The first-order valence-electron chi connectivity index (χ1n) is 7.62. The van der Waals surface area contributed by atoms with E-state index in [1.165, 1.54) is 0 Å². The van der Waals surface area contributed by atoms with Crippen LogP contribution in [0.5, 0.6) is 0 Å². The van der Waals surface area contributed by atoms with E-state index < -0.39 is 0 Å². The molecular formula is C18H19BrN2OS. The number of rotatable bonds is 3. The molecule has 0 spiro atoms. The summed E-state index contributed by atoms with van der Waals surface area (Å²) < 4.78 is 3.12. The minimum Gasteiger partial charge on any atom is -0.338 e. The van der Waals surface area contributed by atoms with E-state index in [2.05, 4.69) is 39.7 Å². The smallest absolute Gasteiger partial charge is 0.192 e. The monoisotopic (exact) mass is 390 g/mol. The topological polar surface area (TPSA) is 34.9 Å². The molecule has 1 aromatic carbocycles. The Morgan fingerprint density at radius 1 is 1.30 bits per heavy atom. The first-order valence-corrected chi connectivity index (χ1v) is 9.29. The van der Waals surface area contributed by atoms with Crippen LogP contribution in [0.15, 0.2) is 32.8 Å². The van der Waals surface area contributed by atoms with E-state index in [0.29, 0.717) is 12.5 Å². The van der Waals surface area contributed by atoms with Crippen molar-refractivity contribution in [2.75, 3.05) is 0 Å². The largest absolute Gasteiger partial charge is 0.338 e. The van der Waals surface area contributed by atoms with Gasteiger partial charge in [-0.2, -0.15) is 0 Å². The molecule has 0 amide bonds. The number of benzene rings is 1. The Hall–Kier alpha value is -1.46. The lowest BCUT2D eigenvalue weighted by Crippen LogP contribution is -2.17. The van der Waals surface area contributed by atoms with Crippen LogP contribution in [-0.2, 0) is 6.54 Å². The third kappa shape index (κ3) is 3.00. The van der Waals surface area contributed by atoms with Crippen molar-refractivity contribution in [1.82, 2.24) is 9.55 Å². The Labute approximate surface area is 148 Å². The quantitative estimate of drug-likeness (QED) is 0.629. The molecule has 0 fully saturated rings. The molecule has 0 saturated heterocycles. The van der Waals surface area contributed by atoms with Gasteiger partial charge < -0.3 is 4.57 Å². The Morgan fingerprint density at radius 3 is 2.70 bits per heavy atom. The average Bonchev–Trinajstić information content (AvgIpc) is 2.98. The highest BCUT2D eigenvalue weighted by molar-refractivity contribution is 9.10. The molecule has 2 heterocycles. The van der Waals surface area contributed by atoms with Gasteiger partial charge in [-0.15, -0.1) is 11.3 Å². The predicted molar refractivity (Wildman–Crippen MR) is 101 cm³/mol. The molecule has 0 saturated carbocycles. The predicted octanol–water partition coefficient (Wildman–Crippen LogP) is 5.01. The van der Waals surface area contributed by atoms with Crippen molar-refractivity contribution >= 4 is 38.2 Å². The Balaban J connectivity index is 2.18. The molecule has 3 nitrogen and oxygen atoms in total. The van der Waals surface area contributed by atoms with E-state index in [1.807, 2.05) is 32.0 Å². The fraction of sp³-hybridized carbons (Fsp3) is 0.333. The van der Waals surface area contributed by atoms with E-state index in [0.717, 1.165) is 37.3 Å². The highest BCUT2D eigenvalue weighted by Gasteiger charge is 2.13. The number of nitrogens with zero attached hydrogens (tertiary/aromatic N) is 2. The molecular weight excluding hydrogens is 372 g/mol. The molecule has 0 aliphatic heterocycles. The molecule has 3 rings (SSSR count). The Bertz CT molecular complexity index is 940. The van der Waals surface area contributed by atoms with Crippen LogP contribution >= 0.6 is 27.3 Å². The normalized spacial score (nSPS) is 11.6. The molecule has 0 radical (unpaired) electrons. The number of aromatic nitrogens is 2. The zero-order valence-corrected chi connectivity index (χ0v) is 16.1. The minimum atomic E-state index is 0.108. The van der Waals surface area contributed by atoms with Crippen LogP contribution in [0, 0.1) is 13.8 Å². The van der Waals surface area contributed by atoms with Crippen molar-refractivity contribution in [3.05, 3.63) is 60.2 Å². The van der Waals surface area contributed by atoms with Crippen LogP contribution in [0.25, 0.3) is 10.9 Å². The summed E-state index contributed by atoms with van der Waals surface area (Å²) in [5.74, 6) is 0.443. The van der Waals surface area contributed by atoms with Crippen molar-refractivity contribution in [2.45, 2.75) is 40.2 Å². The maximum atomic E-state index is 12.6. The van der Waals surface area contributed by atoms with Gasteiger partial charge in [-0.05, 0) is 32.0 Å². The van der Waals surface area contributed by atoms with E-state index in [1.54, 1.807) is 11.3 Å². The lowest BCUT2D eigenvalue weighted by Gasteiger charge is -2.16. The van der Waals surface area contributed by atoms with Crippen molar-refractivity contribution in [3.63, 3.8) is 0 Å². The molecule has 0 aliphatic rings. The van der Waals surface area contributed by atoms with Crippen LogP contribution in [0.4, 0.5) is 0 Å². The fourth-order valence-corrected chi connectivity index (χ4v) is 3.89. The van der Waals surface area contributed by atoms with Crippen molar-refractivity contribution < 1.29 is 0 Å². The molecule has 23 heavy (non-hydrogen) atoms. The summed E-state index contributed by atoms with van der Waals surface area (Å²) in [7, 11) is 0. The van der Waals surface area contributed by atoms with Gasteiger partial charge in [-0.3, -0.25) is 4.79 Å². The molecule has 120 valence electrons. The summed E-state index contributed by atoms with van der Waals surface area (Å²) in [5, 5.41) is 4.02. The first kappa shape index (κ1) is 16.4. The number of thiazole rings is 1. The maximum Gasteiger partial charge on any atom is 0.192 e. The van der Waals surface area contributed by atoms with Gasteiger partial charge in [-0.1, -0.05) is 29.8 Å². The summed E-state index contributed by atoms with van der Waals surface area (Å²) in [6.45, 7) is 8.91. The zero-order chi connectivity index (χ0) is 16.7. The van der Waals surface area contributed by atoms with Crippen molar-refractivity contribution in [3.8, 4) is 0 Å². The summed E-state index contributed by atoms with van der Waals surface area (Å²) >= 11 is 5.17. The van der Waals surface area contributed by atoms with Crippen LogP contribution in [0.1, 0.15) is 41.7 Å². The highest BCUT2D eigenvalue weighted by atomic mass is 79.9. The zero-order valence-electron chi connectivity index (χ0n) is 13.7. The van der Waals surface area contributed by atoms with Crippen LogP contribution in [0.2, 0.25) is 0 Å². The second-order valence-electron chi connectivity index (χ2n) is 6.12. The number of pyridine rings is 1. The third-order valence-electron chi connectivity index (χ3n) is 4.17. The Kier molecular flexibility index (Phi) is 4.43.